The van der Waals surface area contributed by atoms with E-state index in [4.69, 9.17) is 0 Å². The van der Waals surface area contributed by atoms with E-state index in [2.05, 4.69) is 39.1 Å². The molecule has 0 bridgehead atoms. The molecule has 9 heteroatoms. The summed E-state index contributed by atoms with van der Waals surface area (Å²) in [6, 6.07) is 5.23. The van der Waals surface area contributed by atoms with Crippen molar-refractivity contribution in [2.45, 2.75) is 18.9 Å². The summed E-state index contributed by atoms with van der Waals surface area (Å²) in [6.45, 7) is 4.11. The van der Waals surface area contributed by atoms with Gasteiger partial charge in [0.15, 0.2) is 0 Å². The molecule has 0 unspecified atom stereocenters. The van der Waals surface area contributed by atoms with Crippen LogP contribution in [0.15, 0.2) is 34.3 Å². The quantitative estimate of drug-likeness (QED) is 0.370. The van der Waals surface area contributed by atoms with Gasteiger partial charge in [-0.1, -0.05) is 11.8 Å². The fourth-order valence-electron chi connectivity index (χ4n) is 2.70. The number of anilines is 1. The molecule has 132 valence electrons. The third-order valence-electron chi connectivity index (χ3n) is 4.07. The Bertz CT molecular complexity index is 1190. The van der Waals surface area contributed by atoms with E-state index in [0.717, 1.165) is 20.8 Å². The van der Waals surface area contributed by atoms with Crippen LogP contribution in [-0.2, 0) is 4.79 Å². The van der Waals surface area contributed by atoms with Crippen molar-refractivity contribution in [1.29, 1.82) is 0 Å². The van der Waals surface area contributed by atoms with Crippen LogP contribution in [0.3, 0.4) is 0 Å². The Hall–Kier alpha value is -2.65. The molecule has 1 amide bonds. The van der Waals surface area contributed by atoms with Crippen LogP contribution in [-0.4, -0.2) is 31.6 Å². The Morgan fingerprint density at radius 2 is 2.04 bits per heavy atom. The zero-order chi connectivity index (χ0) is 18.3. The Morgan fingerprint density at radius 3 is 2.88 bits per heavy atom. The fourth-order valence-corrected chi connectivity index (χ4v) is 4.62. The number of benzene rings is 1. The normalized spacial score (nSPS) is 11.3. The van der Waals surface area contributed by atoms with Gasteiger partial charge in [-0.25, -0.2) is 14.8 Å². The second-order valence-electron chi connectivity index (χ2n) is 5.82. The number of rotatable bonds is 4. The SMILES string of the molecule is Cc1sc2ncnc(SCC(=O)Nc3ccc4[nH]c(=O)[nH]c4c3)c2c1C. The molecule has 4 rings (SSSR count). The second-order valence-corrected chi connectivity index (χ2v) is 7.99. The van der Waals surface area contributed by atoms with Gasteiger partial charge < -0.3 is 15.3 Å². The van der Waals surface area contributed by atoms with Crippen molar-refractivity contribution in [2.75, 3.05) is 11.1 Å². The highest BCUT2D eigenvalue weighted by atomic mass is 32.2. The maximum absolute atomic E-state index is 12.3. The predicted octanol–water partition coefficient (Wildman–Crippen LogP) is 3.21. The molecule has 26 heavy (non-hydrogen) atoms. The van der Waals surface area contributed by atoms with Crippen LogP contribution in [0, 0.1) is 13.8 Å². The number of nitrogens with zero attached hydrogens (tertiary/aromatic N) is 2. The van der Waals surface area contributed by atoms with Gasteiger partial charge >= 0.3 is 5.69 Å². The molecule has 0 radical (unpaired) electrons. The molecule has 0 atom stereocenters. The number of fused-ring (bicyclic) bond motifs is 2. The second kappa shape index (κ2) is 6.58. The maximum atomic E-state index is 12.3. The lowest BCUT2D eigenvalue weighted by Crippen LogP contribution is -2.14. The summed E-state index contributed by atoms with van der Waals surface area (Å²) in [5.74, 6) is 0.103. The molecule has 7 nitrogen and oxygen atoms in total. The molecular weight excluding hydrogens is 370 g/mol. The van der Waals surface area contributed by atoms with Gasteiger partial charge in [0.1, 0.15) is 16.2 Å². The molecule has 3 aromatic heterocycles. The van der Waals surface area contributed by atoms with Gasteiger partial charge in [0.2, 0.25) is 5.91 Å². The van der Waals surface area contributed by atoms with E-state index in [1.165, 1.54) is 23.0 Å². The number of hydrogen-bond donors (Lipinski definition) is 3. The number of thioether (sulfide) groups is 1. The fraction of sp³-hybridized carbons (Fsp3) is 0.176. The number of carbonyl (C=O) groups excluding carboxylic acids is 1. The molecule has 1 aromatic carbocycles. The highest BCUT2D eigenvalue weighted by Gasteiger charge is 2.14. The molecular formula is C17H15N5O2S2. The van der Waals surface area contributed by atoms with Crippen LogP contribution in [0.25, 0.3) is 21.3 Å². The minimum absolute atomic E-state index is 0.136. The number of thiophene rings is 1. The van der Waals surface area contributed by atoms with Crippen LogP contribution in [0.4, 0.5) is 5.69 Å². The lowest BCUT2D eigenvalue weighted by Gasteiger charge is -2.06. The van der Waals surface area contributed by atoms with Crippen molar-refractivity contribution < 1.29 is 4.79 Å². The molecule has 4 aromatic rings. The average molecular weight is 385 g/mol. The molecule has 0 spiro atoms. The zero-order valence-electron chi connectivity index (χ0n) is 14.0. The Kier molecular flexibility index (Phi) is 4.25. The van der Waals surface area contributed by atoms with Crippen molar-refractivity contribution in [3.8, 4) is 0 Å². The molecule has 0 aliphatic carbocycles. The molecule has 0 aliphatic rings. The van der Waals surface area contributed by atoms with Gasteiger partial charge in [0.05, 0.1) is 16.8 Å². The first-order chi connectivity index (χ1) is 12.5. The number of aryl methyl sites for hydroxylation is 2. The minimum Gasteiger partial charge on any atom is -0.325 e. The van der Waals surface area contributed by atoms with Gasteiger partial charge in [-0.15, -0.1) is 11.3 Å². The Morgan fingerprint density at radius 1 is 1.23 bits per heavy atom. The predicted molar refractivity (Wildman–Crippen MR) is 105 cm³/mol. The summed E-state index contributed by atoms with van der Waals surface area (Å²) in [6.07, 6.45) is 1.54. The van der Waals surface area contributed by atoms with Crippen molar-refractivity contribution in [1.82, 2.24) is 19.9 Å². The van der Waals surface area contributed by atoms with Gasteiger partial charge in [-0.2, -0.15) is 0 Å². The number of carbonyl (C=O) groups is 1. The molecule has 0 fully saturated rings. The van der Waals surface area contributed by atoms with E-state index in [9.17, 15) is 9.59 Å². The monoisotopic (exact) mass is 385 g/mol. The number of nitrogens with one attached hydrogen (secondary N) is 3. The maximum Gasteiger partial charge on any atom is 0.323 e. The van der Waals surface area contributed by atoms with Gasteiger partial charge in [0.25, 0.3) is 0 Å². The summed E-state index contributed by atoms with van der Waals surface area (Å²) in [5, 5.41) is 4.69. The lowest BCUT2D eigenvalue weighted by molar-refractivity contribution is -0.113. The van der Waals surface area contributed by atoms with Crippen molar-refractivity contribution in [3.63, 3.8) is 0 Å². The van der Waals surface area contributed by atoms with E-state index < -0.39 is 0 Å². The van der Waals surface area contributed by atoms with E-state index in [1.807, 2.05) is 0 Å². The molecule has 0 saturated carbocycles. The Labute approximate surface area is 156 Å². The largest absolute Gasteiger partial charge is 0.325 e. The van der Waals surface area contributed by atoms with Crippen molar-refractivity contribution in [3.05, 3.63) is 45.5 Å². The number of aromatic amines is 2. The average Bonchev–Trinajstić information content (AvgIpc) is 3.12. The smallest absolute Gasteiger partial charge is 0.323 e. The topological polar surface area (TPSA) is 104 Å². The summed E-state index contributed by atoms with van der Waals surface area (Å²) < 4.78 is 0. The number of amides is 1. The number of imidazole rings is 1. The minimum atomic E-state index is -0.270. The summed E-state index contributed by atoms with van der Waals surface area (Å²) in [7, 11) is 0. The number of aromatic nitrogens is 4. The van der Waals surface area contributed by atoms with E-state index >= 15 is 0 Å². The summed E-state index contributed by atoms with van der Waals surface area (Å²) >= 11 is 3.03. The van der Waals surface area contributed by atoms with E-state index in [-0.39, 0.29) is 17.3 Å². The first-order valence-corrected chi connectivity index (χ1v) is 9.67. The van der Waals surface area contributed by atoms with Gasteiger partial charge in [-0.05, 0) is 37.6 Å². The first kappa shape index (κ1) is 16.8. The first-order valence-electron chi connectivity index (χ1n) is 7.86. The highest BCUT2D eigenvalue weighted by molar-refractivity contribution is 8.00. The number of H-pyrrole nitrogens is 2. The highest BCUT2D eigenvalue weighted by Crippen LogP contribution is 2.34. The van der Waals surface area contributed by atoms with E-state index in [0.29, 0.717) is 16.7 Å². The van der Waals surface area contributed by atoms with Crippen LogP contribution < -0.4 is 11.0 Å². The molecule has 0 saturated heterocycles. The van der Waals surface area contributed by atoms with Crippen LogP contribution in [0.5, 0.6) is 0 Å². The summed E-state index contributed by atoms with van der Waals surface area (Å²) in [4.78, 5) is 39.8. The third kappa shape index (κ3) is 3.11. The molecule has 3 N–H and O–H groups in total. The standard InChI is InChI=1S/C17H15N5O2S2/c1-8-9(2)26-16-14(8)15(18-7-19-16)25-6-13(23)20-10-3-4-11-12(5-10)22-17(24)21-11/h3-5,7H,6H2,1-2H3,(H,20,23)(H2,21,22,24). The lowest BCUT2D eigenvalue weighted by atomic mass is 10.2. The van der Waals surface area contributed by atoms with Crippen molar-refractivity contribution >= 4 is 55.9 Å². The Balaban J connectivity index is 1.49. The van der Waals surface area contributed by atoms with E-state index in [1.54, 1.807) is 29.5 Å². The molecule has 3 heterocycles. The third-order valence-corrected chi connectivity index (χ3v) is 6.18. The van der Waals surface area contributed by atoms with Gasteiger partial charge in [-0.3, -0.25) is 4.79 Å². The van der Waals surface area contributed by atoms with Crippen molar-refractivity contribution in [2.24, 2.45) is 0 Å². The zero-order valence-corrected chi connectivity index (χ0v) is 15.7. The van der Waals surface area contributed by atoms with Crippen LogP contribution >= 0.6 is 23.1 Å². The molecule has 0 aliphatic heterocycles. The summed E-state index contributed by atoms with van der Waals surface area (Å²) in [5.41, 5.74) is 2.88. The number of hydrogen-bond acceptors (Lipinski definition) is 6. The van der Waals surface area contributed by atoms with Crippen LogP contribution in [0.2, 0.25) is 0 Å². The van der Waals surface area contributed by atoms with Gasteiger partial charge in [0, 0.05) is 16.0 Å². The van der Waals surface area contributed by atoms with Crippen LogP contribution in [0.1, 0.15) is 10.4 Å².